The fourth-order valence-electron chi connectivity index (χ4n) is 2.46. The molecule has 2 rings (SSSR count). The van der Waals surface area contributed by atoms with E-state index in [0.29, 0.717) is 11.5 Å². The van der Waals surface area contributed by atoms with Gasteiger partial charge in [-0.3, -0.25) is 4.79 Å². The van der Waals surface area contributed by atoms with Crippen LogP contribution in [0.5, 0.6) is 5.75 Å². The van der Waals surface area contributed by atoms with Crippen LogP contribution in [0.4, 0.5) is 10.1 Å². The maximum Gasteiger partial charge on any atom is 0.228 e. The molecule has 122 valence electrons. The molecule has 0 aliphatic rings. The molecule has 23 heavy (non-hydrogen) atoms. The Kier molecular flexibility index (Phi) is 5.74. The van der Waals surface area contributed by atoms with Crippen molar-refractivity contribution in [2.45, 2.75) is 32.6 Å². The number of nitrogens with one attached hydrogen (secondary N) is 1. The first-order chi connectivity index (χ1) is 11.0. The molecule has 0 bridgehead atoms. The van der Waals surface area contributed by atoms with Gasteiger partial charge in [-0.25, -0.2) is 4.39 Å². The normalized spacial score (nSPS) is 11.8. The van der Waals surface area contributed by atoms with Gasteiger partial charge < -0.3 is 10.1 Å². The summed E-state index contributed by atoms with van der Waals surface area (Å²) < 4.78 is 18.6. The fraction of sp³-hybridized carbons (Fsp3) is 0.316. The lowest BCUT2D eigenvalue weighted by molar-refractivity contribution is -0.115. The molecule has 0 heterocycles. The SMILES string of the molecule is CC[C@@H](C)c1ccccc1NC(=O)Cc1ccc(OC)c(F)c1. The van der Waals surface area contributed by atoms with Gasteiger partial charge in [0.1, 0.15) is 0 Å². The zero-order valence-electron chi connectivity index (χ0n) is 13.7. The third-order valence-electron chi connectivity index (χ3n) is 3.96. The number of carbonyl (C=O) groups excluding carboxylic acids is 1. The van der Waals surface area contributed by atoms with Crippen LogP contribution in [0.3, 0.4) is 0 Å². The highest BCUT2D eigenvalue weighted by Gasteiger charge is 2.12. The maximum atomic E-state index is 13.7. The average Bonchev–Trinajstić information content (AvgIpc) is 2.54. The van der Waals surface area contributed by atoms with E-state index in [1.807, 2.05) is 24.3 Å². The monoisotopic (exact) mass is 315 g/mol. The Bertz CT molecular complexity index is 685. The number of carbonyl (C=O) groups is 1. The molecule has 1 N–H and O–H groups in total. The molecule has 2 aromatic carbocycles. The van der Waals surface area contributed by atoms with Gasteiger partial charge in [-0.2, -0.15) is 0 Å². The third-order valence-corrected chi connectivity index (χ3v) is 3.96. The zero-order chi connectivity index (χ0) is 16.8. The van der Waals surface area contributed by atoms with E-state index in [9.17, 15) is 9.18 Å². The summed E-state index contributed by atoms with van der Waals surface area (Å²) in [6.45, 7) is 4.24. The smallest absolute Gasteiger partial charge is 0.228 e. The van der Waals surface area contributed by atoms with Crippen molar-refractivity contribution in [1.29, 1.82) is 0 Å². The molecular formula is C19H22FNO2. The van der Waals surface area contributed by atoms with Crippen LogP contribution in [0, 0.1) is 5.82 Å². The highest BCUT2D eigenvalue weighted by molar-refractivity contribution is 5.93. The number of amides is 1. The molecule has 3 nitrogen and oxygen atoms in total. The minimum Gasteiger partial charge on any atom is -0.494 e. The molecule has 0 aromatic heterocycles. The summed E-state index contributed by atoms with van der Waals surface area (Å²) in [5, 5.41) is 2.93. The lowest BCUT2D eigenvalue weighted by Gasteiger charge is -2.15. The minimum atomic E-state index is -0.460. The molecular weight excluding hydrogens is 293 g/mol. The van der Waals surface area contributed by atoms with Crippen molar-refractivity contribution in [3.63, 3.8) is 0 Å². The summed E-state index contributed by atoms with van der Waals surface area (Å²) in [7, 11) is 1.41. The molecule has 1 amide bonds. The highest BCUT2D eigenvalue weighted by Crippen LogP contribution is 2.26. The van der Waals surface area contributed by atoms with Crippen LogP contribution < -0.4 is 10.1 Å². The van der Waals surface area contributed by atoms with Gasteiger partial charge in [0.05, 0.1) is 13.5 Å². The van der Waals surface area contributed by atoms with E-state index < -0.39 is 5.82 Å². The van der Waals surface area contributed by atoms with Gasteiger partial charge in [0, 0.05) is 5.69 Å². The molecule has 0 saturated carbocycles. The van der Waals surface area contributed by atoms with Crippen molar-refractivity contribution >= 4 is 11.6 Å². The molecule has 0 aliphatic heterocycles. The van der Waals surface area contributed by atoms with Crippen LogP contribution in [0.15, 0.2) is 42.5 Å². The van der Waals surface area contributed by atoms with Gasteiger partial charge in [-0.05, 0) is 41.7 Å². The molecule has 0 saturated heterocycles. The highest BCUT2D eigenvalue weighted by atomic mass is 19.1. The third kappa shape index (κ3) is 4.31. The lowest BCUT2D eigenvalue weighted by Crippen LogP contribution is -2.16. The van der Waals surface area contributed by atoms with Gasteiger partial charge in [-0.15, -0.1) is 0 Å². The van der Waals surface area contributed by atoms with E-state index >= 15 is 0 Å². The second-order valence-corrected chi connectivity index (χ2v) is 5.59. The molecule has 2 aromatic rings. The zero-order valence-corrected chi connectivity index (χ0v) is 13.7. The van der Waals surface area contributed by atoms with Crippen molar-refractivity contribution in [3.8, 4) is 5.75 Å². The predicted molar refractivity (Wildman–Crippen MR) is 90.4 cm³/mol. The molecule has 0 aliphatic carbocycles. The summed E-state index contributed by atoms with van der Waals surface area (Å²) in [5.41, 5.74) is 2.55. The van der Waals surface area contributed by atoms with Gasteiger partial charge in [-0.1, -0.05) is 38.1 Å². The molecule has 0 radical (unpaired) electrons. The molecule has 0 fully saturated rings. The standard InChI is InChI=1S/C19H22FNO2/c1-4-13(2)15-7-5-6-8-17(15)21-19(22)12-14-9-10-18(23-3)16(20)11-14/h5-11,13H,4,12H2,1-3H3,(H,21,22)/t13-/m1/s1. The first kappa shape index (κ1) is 17.0. The quantitative estimate of drug-likeness (QED) is 0.850. The second kappa shape index (κ2) is 7.77. The van der Waals surface area contributed by atoms with E-state index in [4.69, 9.17) is 4.74 Å². The average molecular weight is 315 g/mol. The van der Waals surface area contributed by atoms with Crippen LogP contribution in [0.1, 0.15) is 37.3 Å². The van der Waals surface area contributed by atoms with Crippen LogP contribution in [-0.2, 0) is 11.2 Å². The van der Waals surface area contributed by atoms with E-state index in [1.165, 1.54) is 19.2 Å². The summed E-state index contributed by atoms with van der Waals surface area (Å²) in [5.74, 6) is -0.0793. The van der Waals surface area contributed by atoms with Gasteiger partial charge in [0.15, 0.2) is 11.6 Å². The summed E-state index contributed by atoms with van der Waals surface area (Å²) in [6, 6.07) is 12.3. The molecule has 0 unspecified atom stereocenters. The number of methoxy groups -OCH3 is 1. The van der Waals surface area contributed by atoms with E-state index in [0.717, 1.165) is 17.7 Å². The van der Waals surface area contributed by atoms with E-state index in [1.54, 1.807) is 6.07 Å². The Morgan fingerprint density at radius 2 is 2.00 bits per heavy atom. The van der Waals surface area contributed by atoms with Crippen LogP contribution in [0.25, 0.3) is 0 Å². The largest absolute Gasteiger partial charge is 0.494 e. The summed E-state index contributed by atoms with van der Waals surface area (Å²) in [6.07, 6.45) is 1.12. The fourth-order valence-corrected chi connectivity index (χ4v) is 2.46. The van der Waals surface area contributed by atoms with Gasteiger partial charge in [0.2, 0.25) is 5.91 Å². The summed E-state index contributed by atoms with van der Waals surface area (Å²) >= 11 is 0. The number of anilines is 1. The van der Waals surface area contributed by atoms with Crippen LogP contribution in [-0.4, -0.2) is 13.0 Å². The lowest BCUT2D eigenvalue weighted by atomic mass is 9.97. The predicted octanol–water partition coefficient (Wildman–Crippen LogP) is 4.53. The van der Waals surface area contributed by atoms with Gasteiger partial charge >= 0.3 is 0 Å². The van der Waals surface area contributed by atoms with Crippen molar-refractivity contribution in [3.05, 3.63) is 59.4 Å². The number of rotatable bonds is 6. The first-order valence-electron chi connectivity index (χ1n) is 7.76. The number of ether oxygens (including phenoxy) is 1. The van der Waals surface area contributed by atoms with Crippen molar-refractivity contribution < 1.29 is 13.9 Å². The Morgan fingerprint density at radius 1 is 1.26 bits per heavy atom. The van der Waals surface area contributed by atoms with Crippen LogP contribution >= 0.6 is 0 Å². The maximum absolute atomic E-state index is 13.7. The first-order valence-corrected chi connectivity index (χ1v) is 7.76. The second-order valence-electron chi connectivity index (χ2n) is 5.59. The molecule has 1 atom stereocenters. The Balaban J connectivity index is 2.10. The Morgan fingerprint density at radius 3 is 2.65 bits per heavy atom. The van der Waals surface area contributed by atoms with Crippen molar-refractivity contribution in [1.82, 2.24) is 0 Å². The molecule has 4 heteroatoms. The number of halogens is 1. The van der Waals surface area contributed by atoms with Crippen LogP contribution in [0.2, 0.25) is 0 Å². The number of benzene rings is 2. The van der Waals surface area contributed by atoms with Crippen molar-refractivity contribution in [2.24, 2.45) is 0 Å². The number of hydrogen-bond donors (Lipinski definition) is 1. The Labute approximate surface area is 136 Å². The molecule has 0 spiro atoms. The summed E-state index contributed by atoms with van der Waals surface area (Å²) in [4.78, 5) is 12.2. The number of hydrogen-bond acceptors (Lipinski definition) is 2. The Hall–Kier alpha value is -2.36. The topological polar surface area (TPSA) is 38.3 Å². The van der Waals surface area contributed by atoms with Crippen molar-refractivity contribution in [2.75, 3.05) is 12.4 Å². The minimum absolute atomic E-state index is 0.121. The number of para-hydroxylation sites is 1. The van der Waals surface area contributed by atoms with E-state index in [2.05, 4.69) is 19.2 Å². The van der Waals surface area contributed by atoms with E-state index in [-0.39, 0.29) is 18.1 Å². The van der Waals surface area contributed by atoms with Gasteiger partial charge in [0.25, 0.3) is 0 Å².